The lowest BCUT2D eigenvalue weighted by molar-refractivity contribution is -0.146. The third kappa shape index (κ3) is 3.68. The van der Waals surface area contributed by atoms with Gasteiger partial charge in [0.1, 0.15) is 0 Å². The van der Waals surface area contributed by atoms with Gasteiger partial charge < -0.3 is 10.2 Å². The highest BCUT2D eigenvalue weighted by molar-refractivity contribution is 5.83. The largest absolute Gasteiger partial charge is 0.369 e. The number of piperazine rings is 1. The van der Waals surface area contributed by atoms with Crippen molar-refractivity contribution in [3.63, 3.8) is 0 Å². The van der Waals surface area contributed by atoms with E-state index in [0.717, 1.165) is 63.4 Å². The smallest absolute Gasteiger partial charge is 0.226 e. The average molecular weight is 382 g/mol. The van der Waals surface area contributed by atoms with Crippen LogP contribution in [-0.2, 0) is 4.79 Å². The molecule has 5 aliphatic rings. The zero-order valence-electron chi connectivity index (χ0n) is 17.1. The number of benzene rings is 1. The standard InChI is InChI=1S/C24H35N3O/c28-23(24-16-19-13-20(17-24)15-21(14-19)18-24)25-7-4-8-26-9-11-27(12-10-26)22-5-2-1-3-6-22/h1-3,5-6,19-21H,4,7-18H2,(H,25,28). The zero-order valence-corrected chi connectivity index (χ0v) is 17.1. The van der Waals surface area contributed by atoms with Crippen LogP contribution in [0.2, 0.25) is 0 Å². The van der Waals surface area contributed by atoms with Gasteiger partial charge >= 0.3 is 0 Å². The fourth-order valence-electron chi connectivity index (χ4n) is 6.95. The second-order valence-electron chi connectivity index (χ2n) is 9.97. The minimum Gasteiger partial charge on any atom is -0.369 e. The number of nitrogens with zero attached hydrogens (tertiary/aromatic N) is 2. The Labute approximate surface area is 169 Å². The van der Waals surface area contributed by atoms with E-state index < -0.39 is 0 Å². The van der Waals surface area contributed by atoms with Crippen molar-refractivity contribution < 1.29 is 4.79 Å². The number of para-hydroxylation sites is 1. The Balaban J connectivity index is 1.03. The first-order chi connectivity index (χ1) is 13.7. The van der Waals surface area contributed by atoms with Gasteiger partial charge in [-0.05, 0) is 81.4 Å². The van der Waals surface area contributed by atoms with Gasteiger partial charge in [-0.2, -0.15) is 0 Å². The van der Waals surface area contributed by atoms with E-state index in [2.05, 4.69) is 45.4 Å². The predicted molar refractivity (Wildman–Crippen MR) is 113 cm³/mol. The van der Waals surface area contributed by atoms with Crippen molar-refractivity contribution in [2.45, 2.75) is 44.9 Å². The molecule has 0 radical (unpaired) electrons. The van der Waals surface area contributed by atoms with Crippen molar-refractivity contribution in [1.29, 1.82) is 0 Å². The third-order valence-electron chi connectivity index (χ3n) is 7.95. The number of carbonyl (C=O) groups is 1. The summed E-state index contributed by atoms with van der Waals surface area (Å²) in [5.74, 6) is 2.93. The van der Waals surface area contributed by atoms with Crippen molar-refractivity contribution in [2.24, 2.45) is 23.2 Å². The quantitative estimate of drug-likeness (QED) is 0.766. The summed E-state index contributed by atoms with van der Waals surface area (Å²) in [4.78, 5) is 18.0. The molecule has 28 heavy (non-hydrogen) atoms. The Bertz CT molecular complexity index is 645. The van der Waals surface area contributed by atoms with Crippen LogP contribution < -0.4 is 10.2 Å². The second-order valence-corrected chi connectivity index (χ2v) is 9.97. The number of carbonyl (C=O) groups excluding carboxylic acids is 1. The van der Waals surface area contributed by atoms with Crippen molar-refractivity contribution >= 4 is 11.6 Å². The highest BCUT2D eigenvalue weighted by atomic mass is 16.2. The van der Waals surface area contributed by atoms with Crippen LogP contribution in [-0.4, -0.2) is 50.1 Å². The van der Waals surface area contributed by atoms with Gasteiger partial charge in [0.05, 0.1) is 0 Å². The van der Waals surface area contributed by atoms with Crippen molar-refractivity contribution in [1.82, 2.24) is 10.2 Å². The van der Waals surface area contributed by atoms with Crippen LogP contribution in [0, 0.1) is 23.2 Å². The molecule has 0 aromatic heterocycles. The number of nitrogens with one attached hydrogen (secondary N) is 1. The van der Waals surface area contributed by atoms with Crippen LogP contribution in [0.1, 0.15) is 44.9 Å². The van der Waals surface area contributed by atoms with E-state index in [1.54, 1.807) is 0 Å². The van der Waals surface area contributed by atoms with Crippen molar-refractivity contribution in [3.05, 3.63) is 30.3 Å². The van der Waals surface area contributed by atoms with Crippen molar-refractivity contribution in [2.75, 3.05) is 44.2 Å². The first-order valence-electron chi connectivity index (χ1n) is 11.5. The number of hydrogen-bond donors (Lipinski definition) is 1. The summed E-state index contributed by atoms with van der Waals surface area (Å²) in [6, 6.07) is 10.7. The Morgan fingerprint density at radius 1 is 0.929 bits per heavy atom. The van der Waals surface area contributed by atoms with Gasteiger partial charge in [-0.25, -0.2) is 0 Å². The van der Waals surface area contributed by atoms with E-state index in [1.165, 1.54) is 44.2 Å². The normalized spacial score (nSPS) is 34.6. The molecule has 0 unspecified atom stereocenters. The molecule has 4 bridgehead atoms. The van der Waals surface area contributed by atoms with Gasteiger partial charge in [0, 0.05) is 43.8 Å². The van der Waals surface area contributed by atoms with Crippen LogP contribution in [0.4, 0.5) is 5.69 Å². The predicted octanol–water partition coefficient (Wildman–Crippen LogP) is 3.53. The lowest BCUT2D eigenvalue weighted by atomic mass is 9.49. The van der Waals surface area contributed by atoms with Crippen LogP contribution >= 0.6 is 0 Å². The Morgan fingerprint density at radius 2 is 1.54 bits per heavy atom. The summed E-state index contributed by atoms with van der Waals surface area (Å²) in [7, 11) is 0. The van der Waals surface area contributed by atoms with Crippen LogP contribution in [0.5, 0.6) is 0 Å². The second kappa shape index (κ2) is 7.70. The molecule has 1 amide bonds. The van der Waals surface area contributed by atoms with Gasteiger partial charge in [-0.1, -0.05) is 18.2 Å². The molecule has 1 aromatic carbocycles. The summed E-state index contributed by atoms with van der Waals surface area (Å²) < 4.78 is 0. The summed E-state index contributed by atoms with van der Waals surface area (Å²) >= 11 is 0. The minimum absolute atomic E-state index is 0.00998. The Morgan fingerprint density at radius 3 is 2.14 bits per heavy atom. The molecule has 1 aliphatic heterocycles. The summed E-state index contributed by atoms with van der Waals surface area (Å²) in [5.41, 5.74) is 1.35. The monoisotopic (exact) mass is 381 g/mol. The van der Waals surface area contributed by atoms with E-state index in [0.29, 0.717) is 5.91 Å². The molecule has 1 saturated heterocycles. The fourth-order valence-corrected chi connectivity index (χ4v) is 6.95. The molecule has 1 heterocycles. The van der Waals surface area contributed by atoms with E-state index in [1.807, 2.05) is 0 Å². The van der Waals surface area contributed by atoms with Crippen molar-refractivity contribution in [3.8, 4) is 0 Å². The number of anilines is 1. The van der Waals surface area contributed by atoms with Crippen LogP contribution in [0.25, 0.3) is 0 Å². The SMILES string of the molecule is O=C(NCCCN1CCN(c2ccccc2)CC1)C12CC3CC(CC(C3)C1)C2. The lowest BCUT2D eigenvalue weighted by Crippen LogP contribution is -2.53. The minimum atomic E-state index is 0.00998. The fraction of sp³-hybridized carbons (Fsp3) is 0.708. The maximum absolute atomic E-state index is 13.0. The maximum Gasteiger partial charge on any atom is 0.226 e. The Kier molecular flexibility index (Phi) is 5.08. The van der Waals surface area contributed by atoms with Gasteiger partial charge in [-0.15, -0.1) is 0 Å². The molecule has 1 N–H and O–H groups in total. The molecular weight excluding hydrogens is 346 g/mol. The first kappa shape index (κ1) is 18.5. The molecule has 1 aromatic rings. The average Bonchev–Trinajstić information content (AvgIpc) is 2.71. The molecule has 6 rings (SSSR count). The molecule has 4 heteroatoms. The van der Waals surface area contributed by atoms with Crippen LogP contribution in [0.3, 0.4) is 0 Å². The van der Waals surface area contributed by atoms with E-state index >= 15 is 0 Å². The lowest BCUT2D eigenvalue weighted by Gasteiger charge is -2.55. The van der Waals surface area contributed by atoms with E-state index in [-0.39, 0.29) is 5.41 Å². The summed E-state index contributed by atoms with van der Waals surface area (Å²) in [6.07, 6.45) is 8.80. The molecule has 152 valence electrons. The topological polar surface area (TPSA) is 35.6 Å². The molecule has 5 fully saturated rings. The molecule has 0 atom stereocenters. The maximum atomic E-state index is 13.0. The number of hydrogen-bond acceptors (Lipinski definition) is 3. The van der Waals surface area contributed by atoms with Crippen LogP contribution in [0.15, 0.2) is 30.3 Å². The van der Waals surface area contributed by atoms with E-state index in [4.69, 9.17) is 0 Å². The third-order valence-corrected chi connectivity index (χ3v) is 7.95. The summed E-state index contributed by atoms with van der Waals surface area (Å²) in [5, 5.41) is 3.34. The van der Waals surface area contributed by atoms with Gasteiger partial charge in [0.25, 0.3) is 0 Å². The zero-order chi connectivity index (χ0) is 19.0. The van der Waals surface area contributed by atoms with Gasteiger partial charge in [0.15, 0.2) is 0 Å². The number of rotatable bonds is 6. The Hall–Kier alpha value is -1.55. The molecule has 4 aliphatic carbocycles. The highest BCUT2D eigenvalue weighted by Gasteiger charge is 2.54. The molecule has 0 spiro atoms. The molecule has 4 nitrogen and oxygen atoms in total. The summed E-state index contributed by atoms with van der Waals surface area (Å²) in [6.45, 7) is 6.40. The number of amides is 1. The molecule has 4 saturated carbocycles. The molecular formula is C24H35N3O. The highest BCUT2D eigenvalue weighted by Crippen LogP contribution is 2.60. The van der Waals surface area contributed by atoms with Gasteiger partial charge in [0.2, 0.25) is 5.91 Å². The first-order valence-corrected chi connectivity index (χ1v) is 11.5. The van der Waals surface area contributed by atoms with Gasteiger partial charge in [-0.3, -0.25) is 9.69 Å². The van der Waals surface area contributed by atoms with E-state index in [9.17, 15) is 4.79 Å².